The van der Waals surface area contributed by atoms with Crippen molar-refractivity contribution >= 4 is 40.5 Å². The third-order valence-corrected chi connectivity index (χ3v) is 5.51. The highest BCUT2D eigenvalue weighted by Crippen LogP contribution is 2.32. The fraction of sp³-hybridized carbons (Fsp3) is 0.160. The van der Waals surface area contributed by atoms with E-state index in [-0.39, 0.29) is 5.69 Å². The van der Waals surface area contributed by atoms with Gasteiger partial charge in [-0.05, 0) is 43.3 Å². The Hall–Kier alpha value is -3.65. The maximum absolute atomic E-state index is 13.2. The summed E-state index contributed by atoms with van der Waals surface area (Å²) in [6.07, 6.45) is -4.54. The molecule has 0 fully saturated rings. The highest BCUT2D eigenvalue weighted by Gasteiger charge is 2.32. The first-order valence-corrected chi connectivity index (χ1v) is 10.7. The number of halogens is 4. The van der Waals surface area contributed by atoms with Gasteiger partial charge in [-0.2, -0.15) is 13.2 Å². The maximum atomic E-state index is 13.2. The third kappa shape index (κ3) is 4.97. The Morgan fingerprint density at radius 3 is 2.50 bits per heavy atom. The van der Waals surface area contributed by atoms with Gasteiger partial charge in [0.05, 0.1) is 17.0 Å². The van der Waals surface area contributed by atoms with Gasteiger partial charge < -0.3 is 10.2 Å². The average Bonchev–Trinajstić information content (AvgIpc) is 2.89. The zero-order chi connectivity index (χ0) is 24.5. The molecule has 0 aromatic heterocycles. The summed E-state index contributed by atoms with van der Waals surface area (Å²) in [6, 6.07) is 17.7. The van der Waals surface area contributed by atoms with E-state index in [0.717, 1.165) is 17.7 Å². The van der Waals surface area contributed by atoms with Crippen molar-refractivity contribution in [2.75, 3.05) is 16.8 Å². The highest BCUT2D eigenvalue weighted by molar-refractivity contribution is 6.32. The van der Waals surface area contributed by atoms with E-state index in [1.54, 1.807) is 25.1 Å². The quantitative estimate of drug-likeness (QED) is 0.525. The molecule has 0 saturated carbocycles. The summed E-state index contributed by atoms with van der Waals surface area (Å²) >= 11 is 6.24. The van der Waals surface area contributed by atoms with Crippen molar-refractivity contribution in [1.29, 1.82) is 0 Å². The molecular formula is C25H19ClF3N3O2. The van der Waals surface area contributed by atoms with Gasteiger partial charge in [0, 0.05) is 21.8 Å². The van der Waals surface area contributed by atoms with Crippen LogP contribution in [0.2, 0.25) is 5.02 Å². The minimum Gasteiger partial charge on any atom is -0.325 e. The summed E-state index contributed by atoms with van der Waals surface area (Å²) in [7, 11) is 0. The molecule has 174 valence electrons. The van der Waals surface area contributed by atoms with Crippen LogP contribution in [0, 0.1) is 0 Å². The number of aliphatic imine (C=N–C) groups is 1. The fourth-order valence-electron chi connectivity index (χ4n) is 3.70. The van der Waals surface area contributed by atoms with Crippen LogP contribution >= 0.6 is 11.6 Å². The van der Waals surface area contributed by atoms with E-state index in [2.05, 4.69) is 10.3 Å². The summed E-state index contributed by atoms with van der Waals surface area (Å²) in [6.45, 7) is 1.21. The van der Waals surface area contributed by atoms with Crippen LogP contribution in [0.15, 0.2) is 77.8 Å². The number of rotatable bonds is 4. The smallest absolute Gasteiger partial charge is 0.325 e. The van der Waals surface area contributed by atoms with E-state index in [0.29, 0.717) is 22.0 Å². The van der Waals surface area contributed by atoms with Gasteiger partial charge in [0.15, 0.2) is 0 Å². The molecule has 3 aromatic carbocycles. The summed E-state index contributed by atoms with van der Waals surface area (Å²) in [5.41, 5.74) is 1.43. The van der Waals surface area contributed by atoms with Crippen LogP contribution in [0.1, 0.15) is 23.6 Å². The number of carbonyl (C=O) groups is 2. The lowest BCUT2D eigenvalue weighted by Crippen LogP contribution is -2.42. The second-order valence-electron chi connectivity index (χ2n) is 7.73. The topological polar surface area (TPSA) is 61.8 Å². The number of benzodiazepines with no additional fused rings is 1. The number of hydrogen-bond donors (Lipinski definition) is 1. The number of carbonyl (C=O) groups excluding carboxylic acids is 2. The summed E-state index contributed by atoms with van der Waals surface area (Å²) in [4.78, 5) is 31.9. The SMILES string of the molecule is C[C@H]1N=C(c2ccccc2)c2cc(Cl)ccc2N(CC(=O)Nc2cccc(C(F)(F)F)c2)C1=O. The molecular weight excluding hydrogens is 467 g/mol. The zero-order valence-electron chi connectivity index (χ0n) is 17.9. The molecule has 0 aliphatic carbocycles. The van der Waals surface area contributed by atoms with Crippen LogP contribution in [0.5, 0.6) is 0 Å². The molecule has 0 bridgehead atoms. The summed E-state index contributed by atoms with van der Waals surface area (Å²) in [5, 5.41) is 2.87. The lowest BCUT2D eigenvalue weighted by atomic mass is 10.00. The average molecular weight is 486 g/mol. The standard InChI is InChI=1S/C25H19ClF3N3O2/c1-15-24(34)32(14-22(33)31-19-9-5-8-17(12-19)25(27,28)29)21-11-10-18(26)13-20(21)23(30-15)16-6-3-2-4-7-16/h2-13,15H,14H2,1H3,(H,31,33)/t15-/m1/s1. The molecule has 4 rings (SSSR count). The highest BCUT2D eigenvalue weighted by atomic mass is 35.5. The molecule has 0 radical (unpaired) electrons. The van der Waals surface area contributed by atoms with Crippen molar-refractivity contribution in [2.24, 2.45) is 4.99 Å². The molecule has 1 aliphatic rings. The predicted octanol–water partition coefficient (Wildman–Crippen LogP) is 5.57. The summed E-state index contributed by atoms with van der Waals surface area (Å²) < 4.78 is 39.0. The van der Waals surface area contributed by atoms with E-state index in [1.165, 1.54) is 17.0 Å². The van der Waals surface area contributed by atoms with Crippen molar-refractivity contribution < 1.29 is 22.8 Å². The Morgan fingerprint density at radius 1 is 1.06 bits per heavy atom. The van der Waals surface area contributed by atoms with Crippen LogP contribution in [0.4, 0.5) is 24.5 Å². The maximum Gasteiger partial charge on any atom is 0.416 e. The van der Waals surface area contributed by atoms with E-state index >= 15 is 0 Å². The molecule has 1 atom stereocenters. The van der Waals surface area contributed by atoms with Crippen LogP contribution in [0.3, 0.4) is 0 Å². The summed E-state index contributed by atoms with van der Waals surface area (Å²) in [5.74, 6) is -1.07. The van der Waals surface area contributed by atoms with Gasteiger partial charge in [0.1, 0.15) is 12.6 Å². The Kier molecular flexibility index (Phi) is 6.43. The molecule has 2 amide bonds. The van der Waals surface area contributed by atoms with Gasteiger partial charge >= 0.3 is 6.18 Å². The van der Waals surface area contributed by atoms with Crippen LogP contribution in [-0.4, -0.2) is 30.1 Å². The van der Waals surface area contributed by atoms with Crippen LogP contribution < -0.4 is 10.2 Å². The zero-order valence-corrected chi connectivity index (χ0v) is 18.7. The fourth-order valence-corrected chi connectivity index (χ4v) is 3.87. The molecule has 1 aliphatic heterocycles. The van der Waals surface area contributed by atoms with Crippen LogP contribution in [-0.2, 0) is 15.8 Å². The number of anilines is 2. The van der Waals surface area contributed by atoms with Crippen molar-refractivity contribution in [3.8, 4) is 0 Å². The van der Waals surface area contributed by atoms with Gasteiger partial charge in [0.25, 0.3) is 5.91 Å². The first kappa shape index (κ1) is 23.5. The molecule has 34 heavy (non-hydrogen) atoms. The molecule has 3 aromatic rings. The first-order valence-electron chi connectivity index (χ1n) is 10.3. The molecule has 1 N–H and O–H groups in total. The predicted molar refractivity (Wildman–Crippen MR) is 125 cm³/mol. The van der Waals surface area contributed by atoms with E-state index in [9.17, 15) is 22.8 Å². The third-order valence-electron chi connectivity index (χ3n) is 5.27. The van der Waals surface area contributed by atoms with Crippen molar-refractivity contribution in [1.82, 2.24) is 0 Å². The number of nitrogens with zero attached hydrogens (tertiary/aromatic N) is 2. The Labute approximate surface area is 198 Å². The number of amides is 2. The first-order chi connectivity index (χ1) is 16.1. The molecule has 5 nitrogen and oxygen atoms in total. The molecule has 1 heterocycles. The number of nitrogens with one attached hydrogen (secondary N) is 1. The van der Waals surface area contributed by atoms with Gasteiger partial charge in [-0.1, -0.05) is 48.0 Å². The van der Waals surface area contributed by atoms with Crippen molar-refractivity contribution in [3.05, 3.63) is 94.5 Å². The van der Waals surface area contributed by atoms with Gasteiger partial charge in [-0.25, -0.2) is 0 Å². The second kappa shape index (κ2) is 9.30. The van der Waals surface area contributed by atoms with Crippen LogP contribution in [0.25, 0.3) is 0 Å². The monoisotopic (exact) mass is 485 g/mol. The molecule has 0 saturated heterocycles. The Bertz CT molecular complexity index is 1280. The minimum absolute atomic E-state index is 0.0206. The van der Waals surface area contributed by atoms with E-state index < -0.39 is 36.1 Å². The number of alkyl halides is 3. The molecule has 0 spiro atoms. The normalized spacial score (nSPS) is 15.9. The number of fused-ring (bicyclic) bond motifs is 1. The minimum atomic E-state index is -4.54. The molecule has 0 unspecified atom stereocenters. The lowest BCUT2D eigenvalue weighted by Gasteiger charge is -2.24. The van der Waals surface area contributed by atoms with Crippen molar-refractivity contribution in [3.63, 3.8) is 0 Å². The van der Waals surface area contributed by atoms with Gasteiger partial charge in [0.2, 0.25) is 5.91 Å². The van der Waals surface area contributed by atoms with Gasteiger partial charge in [-0.15, -0.1) is 0 Å². The van der Waals surface area contributed by atoms with E-state index in [1.807, 2.05) is 30.3 Å². The number of hydrogen-bond acceptors (Lipinski definition) is 3. The van der Waals surface area contributed by atoms with E-state index in [4.69, 9.17) is 11.6 Å². The number of benzene rings is 3. The van der Waals surface area contributed by atoms with Gasteiger partial charge in [-0.3, -0.25) is 14.6 Å². The molecule has 9 heteroatoms. The Balaban J connectivity index is 1.67. The largest absolute Gasteiger partial charge is 0.416 e. The van der Waals surface area contributed by atoms with Crippen molar-refractivity contribution in [2.45, 2.75) is 19.1 Å². The lowest BCUT2D eigenvalue weighted by molar-refractivity contribution is -0.137. The Morgan fingerprint density at radius 2 is 1.79 bits per heavy atom. The second-order valence-corrected chi connectivity index (χ2v) is 8.17.